The quantitative estimate of drug-likeness (QED) is 0.675. The van der Waals surface area contributed by atoms with Gasteiger partial charge < -0.3 is 5.32 Å². The van der Waals surface area contributed by atoms with Gasteiger partial charge in [-0.1, -0.05) is 6.92 Å². The summed E-state index contributed by atoms with van der Waals surface area (Å²) in [6.07, 6.45) is 0. The second-order valence-electron chi connectivity index (χ2n) is 4.48. The summed E-state index contributed by atoms with van der Waals surface area (Å²) in [5.41, 5.74) is -0.0204. The fourth-order valence-electron chi connectivity index (χ4n) is 0.899. The molecule has 0 aliphatic carbocycles. The predicted molar refractivity (Wildman–Crippen MR) is 53.3 cm³/mol. The topological polar surface area (TPSA) is 66.4 Å². The summed E-state index contributed by atoms with van der Waals surface area (Å²) in [5.74, 6) is -0.259. The van der Waals surface area contributed by atoms with Crippen molar-refractivity contribution in [1.29, 1.82) is 0 Å². The Hall–Kier alpha value is -0.130. The smallest absolute Gasteiger partial charge is 0.265 e. The summed E-state index contributed by atoms with van der Waals surface area (Å²) >= 11 is 0. The monoisotopic (exact) mass is 209 g/mol. The van der Waals surface area contributed by atoms with E-state index in [9.17, 15) is 8.42 Å². The molecule has 0 fully saturated rings. The molecule has 0 rings (SSSR count). The molecule has 0 radical (unpaired) electrons. The third-order valence-electron chi connectivity index (χ3n) is 1.48. The molecule has 4 nitrogen and oxygen atoms in total. The Morgan fingerprint density at radius 1 is 1.38 bits per heavy atom. The van der Waals surface area contributed by atoms with Crippen LogP contribution in [0.5, 0.6) is 0 Å². The van der Waals surface area contributed by atoms with Crippen molar-refractivity contribution in [3.63, 3.8) is 0 Å². The fraction of sp³-hybridized carbons (Fsp3) is 1.00. The maximum atomic E-state index is 10.5. The van der Waals surface area contributed by atoms with Gasteiger partial charge in [0.2, 0.25) is 0 Å². The zero-order valence-electron chi connectivity index (χ0n) is 8.66. The summed E-state index contributed by atoms with van der Waals surface area (Å²) in [6.45, 7) is 8.39. The van der Waals surface area contributed by atoms with Crippen molar-refractivity contribution in [3.05, 3.63) is 0 Å². The second kappa shape index (κ2) is 4.39. The highest BCUT2D eigenvalue weighted by molar-refractivity contribution is 7.85. The Labute approximate surface area is 80.5 Å². The van der Waals surface area contributed by atoms with E-state index in [0.29, 0.717) is 6.54 Å². The van der Waals surface area contributed by atoms with E-state index in [-0.39, 0.29) is 17.2 Å². The molecule has 0 aromatic heterocycles. The van der Waals surface area contributed by atoms with Crippen molar-refractivity contribution >= 4 is 10.1 Å². The Morgan fingerprint density at radius 2 is 1.85 bits per heavy atom. The van der Waals surface area contributed by atoms with E-state index in [1.54, 1.807) is 6.92 Å². The first-order chi connectivity index (χ1) is 5.60. The SMILES string of the molecule is CC(CNC(C)(C)C)CS(=O)(=O)O. The molecule has 1 atom stereocenters. The Bertz CT molecular complexity index is 241. The maximum Gasteiger partial charge on any atom is 0.265 e. The van der Waals surface area contributed by atoms with Gasteiger partial charge in [-0.2, -0.15) is 8.42 Å². The van der Waals surface area contributed by atoms with E-state index in [2.05, 4.69) is 5.32 Å². The number of rotatable bonds is 4. The molecule has 0 bridgehead atoms. The molecule has 80 valence electrons. The van der Waals surface area contributed by atoms with Gasteiger partial charge in [0.25, 0.3) is 10.1 Å². The summed E-state index contributed by atoms with van der Waals surface area (Å²) in [5, 5.41) is 3.17. The Kier molecular flexibility index (Phi) is 4.35. The minimum absolute atomic E-state index is 0.0204. The van der Waals surface area contributed by atoms with Gasteiger partial charge in [0.1, 0.15) is 0 Å². The molecule has 2 N–H and O–H groups in total. The van der Waals surface area contributed by atoms with Crippen LogP contribution in [0.15, 0.2) is 0 Å². The molecule has 0 saturated heterocycles. The Morgan fingerprint density at radius 3 is 2.15 bits per heavy atom. The van der Waals surface area contributed by atoms with E-state index in [0.717, 1.165) is 0 Å². The van der Waals surface area contributed by atoms with Crippen molar-refractivity contribution < 1.29 is 13.0 Å². The zero-order valence-corrected chi connectivity index (χ0v) is 9.48. The van der Waals surface area contributed by atoms with Gasteiger partial charge in [0, 0.05) is 5.54 Å². The summed E-state index contributed by atoms with van der Waals surface area (Å²) in [7, 11) is -3.83. The van der Waals surface area contributed by atoms with Gasteiger partial charge in [0.05, 0.1) is 5.75 Å². The third-order valence-corrected chi connectivity index (χ3v) is 2.47. The van der Waals surface area contributed by atoms with Crippen LogP contribution in [-0.2, 0) is 10.1 Å². The van der Waals surface area contributed by atoms with E-state index in [1.165, 1.54) is 0 Å². The summed E-state index contributed by atoms with van der Waals surface area (Å²) in [4.78, 5) is 0. The van der Waals surface area contributed by atoms with Gasteiger partial charge in [-0.05, 0) is 33.2 Å². The van der Waals surface area contributed by atoms with Crippen LogP contribution in [0.3, 0.4) is 0 Å². The highest BCUT2D eigenvalue weighted by atomic mass is 32.2. The number of nitrogens with one attached hydrogen (secondary N) is 1. The van der Waals surface area contributed by atoms with E-state index in [1.807, 2.05) is 20.8 Å². The zero-order chi connectivity index (χ0) is 10.7. The maximum absolute atomic E-state index is 10.5. The van der Waals surface area contributed by atoms with Crippen molar-refractivity contribution in [3.8, 4) is 0 Å². The first kappa shape index (κ1) is 12.9. The lowest BCUT2D eigenvalue weighted by molar-refractivity contribution is 0.387. The number of hydrogen-bond acceptors (Lipinski definition) is 3. The molecular formula is C8H19NO3S. The van der Waals surface area contributed by atoms with Crippen molar-refractivity contribution in [2.24, 2.45) is 5.92 Å². The van der Waals surface area contributed by atoms with Gasteiger partial charge in [0.15, 0.2) is 0 Å². The standard InChI is InChI=1S/C8H19NO3S/c1-7(6-13(10,11)12)5-9-8(2,3)4/h7,9H,5-6H2,1-4H3,(H,10,11,12). The average molecular weight is 209 g/mol. The lowest BCUT2D eigenvalue weighted by Crippen LogP contribution is -2.39. The lowest BCUT2D eigenvalue weighted by atomic mass is 10.1. The lowest BCUT2D eigenvalue weighted by Gasteiger charge is -2.22. The first-order valence-corrected chi connectivity index (χ1v) is 5.91. The van der Waals surface area contributed by atoms with Crippen LogP contribution in [0, 0.1) is 5.92 Å². The average Bonchev–Trinajstić information content (AvgIpc) is 1.78. The molecule has 0 aromatic carbocycles. The van der Waals surface area contributed by atoms with Crippen LogP contribution >= 0.6 is 0 Å². The molecule has 13 heavy (non-hydrogen) atoms. The molecule has 1 unspecified atom stereocenters. The van der Waals surface area contributed by atoms with Gasteiger partial charge in [-0.25, -0.2) is 0 Å². The molecule has 0 heterocycles. The largest absolute Gasteiger partial charge is 0.312 e. The second-order valence-corrected chi connectivity index (χ2v) is 5.98. The minimum Gasteiger partial charge on any atom is -0.312 e. The Balaban J connectivity index is 3.84. The molecule has 0 aliphatic rings. The van der Waals surface area contributed by atoms with Gasteiger partial charge in [-0.3, -0.25) is 4.55 Å². The van der Waals surface area contributed by atoms with Crippen LogP contribution in [0.25, 0.3) is 0 Å². The molecule has 0 amide bonds. The van der Waals surface area contributed by atoms with E-state index >= 15 is 0 Å². The van der Waals surface area contributed by atoms with Crippen LogP contribution in [0.2, 0.25) is 0 Å². The van der Waals surface area contributed by atoms with Crippen molar-refractivity contribution in [1.82, 2.24) is 5.32 Å². The van der Waals surface area contributed by atoms with Crippen molar-refractivity contribution in [2.75, 3.05) is 12.3 Å². The van der Waals surface area contributed by atoms with Gasteiger partial charge in [-0.15, -0.1) is 0 Å². The van der Waals surface area contributed by atoms with E-state index in [4.69, 9.17) is 4.55 Å². The molecule has 0 aliphatic heterocycles. The minimum atomic E-state index is -3.83. The highest BCUT2D eigenvalue weighted by Crippen LogP contribution is 2.03. The molecule has 0 spiro atoms. The third kappa shape index (κ3) is 9.79. The van der Waals surface area contributed by atoms with E-state index < -0.39 is 10.1 Å². The molecule has 5 heteroatoms. The molecule has 0 saturated carbocycles. The normalized spacial score (nSPS) is 15.8. The van der Waals surface area contributed by atoms with Crippen LogP contribution < -0.4 is 5.32 Å². The molecule has 0 aromatic rings. The van der Waals surface area contributed by atoms with Crippen LogP contribution in [0.1, 0.15) is 27.7 Å². The van der Waals surface area contributed by atoms with Crippen molar-refractivity contribution in [2.45, 2.75) is 33.2 Å². The summed E-state index contributed by atoms with van der Waals surface area (Å²) in [6, 6.07) is 0. The predicted octanol–water partition coefficient (Wildman–Crippen LogP) is 0.898. The van der Waals surface area contributed by atoms with Gasteiger partial charge >= 0.3 is 0 Å². The number of hydrogen-bond donors (Lipinski definition) is 2. The summed E-state index contributed by atoms with van der Waals surface area (Å²) < 4.78 is 29.5. The van der Waals surface area contributed by atoms with Crippen LogP contribution in [0.4, 0.5) is 0 Å². The molecular weight excluding hydrogens is 190 g/mol. The highest BCUT2D eigenvalue weighted by Gasteiger charge is 2.15. The van der Waals surface area contributed by atoms with Crippen LogP contribution in [-0.4, -0.2) is 30.8 Å². The first-order valence-electron chi connectivity index (χ1n) is 4.30. The fourth-order valence-corrected chi connectivity index (χ4v) is 1.74.